The Morgan fingerprint density at radius 1 is 1.20 bits per heavy atom. The summed E-state index contributed by atoms with van der Waals surface area (Å²) in [5, 5.41) is 0.822. The van der Waals surface area contributed by atoms with Gasteiger partial charge in [0.1, 0.15) is 0 Å². The van der Waals surface area contributed by atoms with Gasteiger partial charge >= 0.3 is 0 Å². The third-order valence-electron chi connectivity index (χ3n) is 3.60. The molecule has 1 fully saturated rings. The summed E-state index contributed by atoms with van der Waals surface area (Å²) >= 11 is 5.91. The Hall–Kier alpha value is -0.530. The topological polar surface area (TPSA) is 4.44 Å². The van der Waals surface area contributed by atoms with Crippen molar-refractivity contribution >= 4 is 11.6 Å². The predicted molar refractivity (Wildman–Crippen MR) is 64.1 cm³/mol. The van der Waals surface area contributed by atoms with Gasteiger partial charge in [-0.25, -0.2) is 0 Å². The molecular weight excluding hydrogens is 206 g/mol. The Bertz CT molecular complexity index is 323. The molecular formula is C13H18ClN. The number of rotatable bonds is 1. The molecule has 1 aliphatic heterocycles. The number of hydrogen-bond donors (Lipinski definition) is 1. The lowest BCUT2D eigenvalue weighted by molar-refractivity contribution is -0.860. The summed E-state index contributed by atoms with van der Waals surface area (Å²) in [6.07, 6.45) is 2.43. The van der Waals surface area contributed by atoms with Gasteiger partial charge in [-0.2, -0.15) is 7.05 Å². The molecule has 1 saturated heterocycles. The second-order valence-corrected chi connectivity index (χ2v) is 5.25. The van der Waals surface area contributed by atoms with Crippen molar-refractivity contribution < 1.29 is 4.90 Å². The van der Waals surface area contributed by atoms with E-state index < -0.39 is 0 Å². The minimum atomic E-state index is 0.325. The average molecular weight is 224 g/mol. The van der Waals surface area contributed by atoms with E-state index in [0.29, 0.717) is 5.41 Å². The highest BCUT2D eigenvalue weighted by Gasteiger charge is 2.31. The van der Waals surface area contributed by atoms with Gasteiger partial charge in [0, 0.05) is 23.3 Å². The molecule has 0 aromatic heterocycles. The molecule has 0 amide bonds. The van der Waals surface area contributed by atoms with Gasteiger partial charge in [-0.3, -0.25) is 0 Å². The number of benzene rings is 1. The van der Waals surface area contributed by atoms with Crippen LogP contribution in [-0.2, 0) is 5.41 Å². The number of likely N-dealkylation sites (tertiary alicyclic amines) is 1. The van der Waals surface area contributed by atoms with Crippen LogP contribution in [0.25, 0.3) is 0 Å². The van der Waals surface area contributed by atoms with Crippen molar-refractivity contribution in [2.45, 2.75) is 25.2 Å². The number of quaternary nitrogens is 1. The fourth-order valence-electron chi connectivity index (χ4n) is 2.30. The van der Waals surface area contributed by atoms with Gasteiger partial charge in [-0.1, -0.05) is 30.7 Å². The highest BCUT2D eigenvalue weighted by atomic mass is 35.5. The number of piperidine rings is 1. The Morgan fingerprint density at radius 2 is 1.73 bits per heavy atom. The molecule has 1 aromatic carbocycles. The highest BCUT2D eigenvalue weighted by Crippen LogP contribution is 2.32. The maximum atomic E-state index is 5.91. The van der Waals surface area contributed by atoms with Crippen molar-refractivity contribution in [1.82, 2.24) is 0 Å². The van der Waals surface area contributed by atoms with Gasteiger partial charge in [0.25, 0.3) is 0 Å². The van der Waals surface area contributed by atoms with Crippen molar-refractivity contribution in [2.75, 3.05) is 13.1 Å². The van der Waals surface area contributed by atoms with Gasteiger partial charge in [0.2, 0.25) is 0 Å². The van der Waals surface area contributed by atoms with Crippen LogP contribution in [0.2, 0.25) is 5.02 Å². The maximum Gasteiger partial charge on any atom is 0.0538 e. The summed E-state index contributed by atoms with van der Waals surface area (Å²) < 4.78 is 0. The summed E-state index contributed by atoms with van der Waals surface area (Å²) in [7, 11) is 4.07. The van der Waals surface area contributed by atoms with Crippen LogP contribution in [0.15, 0.2) is 24.3 Å². The molecule has 1 nitrogen and oxygen atoms in total. The first-order chi connectivity index (χ1) is 7.10. The predicted octanol–water partition coefficient (Wildman–Crippen LogP) is 2.07. The third-order valence-corrected chi connectivity index (χ3v) is 3.85. The maximum absolute atomic E-state index is 5.91. The zero-order valence-corrected chi connectivity index (χ0v) is 9.98. The van der Waals surface area contributed by atoms with Gasteiger partial charge in [-0.05, 0) is 17.7 Å². The number of halogens is 1. The molecule has 0 radical (unpaired) electrons. The molecule has 0 saturated carbocycles. The zero-order valence-electron chi connectivity index (χ0n) is 9.22. The van der Waals surface area contributed by atoms with Crippen LogP contribution < -0.4 is 4.90 Å². The van der Waals surface area contributed by atoms with Crippen LogP contribution in [0.5, 0.6) is 0 Å². The third kappa shape index (κ3) is 2.35. The molecule has 0 bridgehead atoms. The molecule has 0 spiro atoms. The van der Waals surface area contributed by atoms with Crippen molar-refractivity contribution in [3.05, 3.63) is 41.9 Å². The van der Waals surface area contributed by atoms with Crippen molar-refractivity contribution in [1.29, 1.82) is 0 Å². The van der Waals surface area contributed by atoms with Crippen LogP contribution >= 0.6 is 11.6 Å². The van der Waals surface area contributed by atoms with E-state index >= 15 is 0 Å². The highest BCUT2D eigenvalue weighted by molar-refractivity contribution is 6.30. The Balaban J connectivity index is 2.18. The van der Waals surface area contributed by atoms with E-state index in [0.717, 1.165) is 5.02 Å². The molecule has 2 heteroatoms. The molecule has 1 N–H and O–H groups in total. The molecule has 2 rings (SSSR count). The van der Waals surface area contributed by atoms with Crippen molar-refractivity contribution in [3.63, 3.8) is 0 Å². The number of hydrogen-bond acceptors (Lipinski definition) is 0. The number of nitrogens with one attached hydrogen (secondary N) is 1. The van der Waals surface area contributed by atoms with Gasteiger partial charge < -0.3 is 4.90 Å². The second kappa shape index (κ2) is 4.15. The minimum absolute atomic E-state index is 0.325. The molecule has 82 valence electrons. The normalized spacial score (nSPS) is 31.5. The van der Waals surface area contributed by atoms with Crippen LogP contribution in [-0.4, -0.2) is 13.1 Å². The molecule has 15 heavy (non-hydrogen) atoms. The Kier molecular flexibility index (Phi) is 3.03. The van der Waals surface area contributed by atoms with Crippen LogP contribution in [0.1, 0.15) is 25.3 Å². The van der Waals surface area contributed by atoms with Crippen LogP contribution in [0.3, 0.4) is 0 Å². The van der Waals surface area contributed by atoms with E-state index in [1.54, 1.807) is 0 Å². The van der Waals surface area contributed by atoms with E-state index in [-0.39, 0.29) is 0 Å². The standard InChI is InChI=1S/C13H18ClN/c1-13(7-9-15(2)10-8-13)11-3-5-12(14)6-4-11/h3-6,15H,2,7-10H2,1H3. The molecule has 1 aliphatic rings. The summed E-state index contributed by atoms with van der Waals surface area (Å²) in [6, 6.07) is 8.31. The first-order valence-electron chi connectivity index (χ1n) is 5.53. The first kappa shape index (κ1) is 11.0. The Labute approximate surface area is 97.0 Å². The lowest BCUT2D eigenvalue weighted by atomic mass is 9.75. The summed E-state index contributed by atoms with van der Waals surface area (Å²) in [6.45, 7) is 4.68. The Morgan fingerprint density at radius 3 is 2.27 bits per heavy atom. The largest absolute Gasteiger partial charge is 0.468 e. The molecule has 0 atom stereocenters. The SMILES string of the molecule is [CH2-][NH+]1CCC(C)(c2ccc(Cl)cc2)CC1. The molecule has 0 aliphatic carbocycles. The smallest absolute Gasteiger partial charge is 0.0538 e. The van der Waals surface area contributed by atoms with E-state index in [9.17, 15) is 0 Å². The summed E-state index contributed by atoms with van der Waals surface area (Å²) in [5.41, 5.74) is 1.74. The van der Waals surface area contributed by atoms with E-state index in [1.807, 2.05) is 12.1 Å². The summed E-state index contributed by atoms with van der Waals surface area (Å²) in [4.78, 5) is 1.40. The van der Waals surface area contributed by atoms with Crippen molar-refractivity contribution in [2.24, 2.45) is 0 Å². The minimum Gasteiger partial charge on any atom is -0.468 e. The molecule has 0 unspecified atom stereocenters. The average Bonchev–Trinajstić information content (AvgIpc) is 2.24. The van der Waals surface area contributed by atoms with E-state index in [2.05, 4.69) is 26.1 Å². The van der Waals surface area contributed by atoms with Gasteiger partial charge in [-0.15, -0.1) is 0 Å². The van der Waals surface area contributed by atoms with Gasteiger partial charge in [0.05, 0.1) is 13.1 Å². The fourth-order valence-corrected chi connectivity index (χ4v) is 2.42. The lowest BCUT2D eigenvalue weighted by Crippen LogP contribution is -3.08. The summed E-state index contributed by atoms with van der Waals surface area (Å²) in [5.74, 6) is 0. The second-order valence-electron chi connectivity index (χ2n) is 4.82. The lowest BCUT2D eigenvalue weighted by Gasteiger charge is -2.39. The fraction of sp³-hybridized carbons (Fsp3) is 0.462. The van der Waals surface area contributed by atoms with E-state index in [4.69, 9.17) is 11.6 Å². The van der Waals surface area contributed by atoms with Crippen molar-refractivity contribution in [3.8, 4) is 0 Å². The first-order valence-corrected chi connectivity index (χ1v) is 5.91. The molecule has 1 aromatic rings. The quantitative estimate of drug-likeness (QED) is 0.696. The molecule has 1 heterocycles. The van der Waals surface area contributed by atoms with Gasteiger partial charge in [0.15, 0.2) is 0 Å². The van der Waals surface area contributed by atoms with Crippen LogP contribution in [0, 0.1) is 7.05 Å². The van der Waals surface area contributed by atoms with Crippen LogP contribution in [0.4, 0.5) is 0 Å². The monoisotopic (exact) mass is 223 g/mol. The zero-order chi connectivity index (χ0) is 10.9. The van der Waals surface area contributed by atoms with E-state index in [1.165, 1.54) is 36.4 Å².